The van der Waals surface area contributed by atoms with Gasteiger partial charge in [-0.15, -0.1) is 0 Å². The summed E-state index contributed by atoms with van der Waals surface area (Å²) in [6, 6.07) is 2.59. The van der Waals surface area contributed by atoms with Gasteiger partial charge in [0, 0.05) is 6.08 Å². The molecule has 0 heterocycles. The van der Waals surface area contributed by atoms with Crippen LogP contribution < -0.4 is 14.8 Å². The molecule has 0 aliphatic rings. The van der Waals surface area contributed by atoms with Crippen molar-refractivity contribution in [1.29, 1.82) is 0 Å². The van der Waals surface area contributed by atoms with Gasteiger partial charge in [0.05, 0.1) is 18.2 Å². The van der Waals surface area contributed by atoms with Crippen molar-refractivity contribution in [2.45, 2.75) is 26.8 Å². The van der Waals surface area contributed by atoms with E-state index in [9.17, 15) is 9.59 Å². The Kier molecular flexibility index (Phi) is 7.78. The average Bonchev–Trinajstić information content (AvgIpc) is 2.52. The van der Waals surface area contributed by atoms with Crippen LogP contribution in [0.4, 0.5) is 0 Å². The Morgan fingerprint density at radius 2 is 2.04 bits per heavy atom. The van der Waals surface area contributed by atoms with Gasteiger partial charge in [-0.2, -0.15) is 0 Å². The van der Waals surface area contributed by atoms with Crippen LogP contribution in [0.15, 0.2) is 22.7 Å². The first-order chi connectivity index (χ1) is 11.3. The van der Waals surface area contributed by atoms with E-state index in [1.807, 2.05) is 6.92 Å². The molecular formula is C17H22BrNO5. The summed E-state index contributed by atoms with van der Waals surface area (Å²) in [7, 11) is 1.53. The lowest BCUT2D eigenvalue weighted by Gasteiger charge is -2.16. The van der Waals surface area contributed by atoms with Gasteiger partial charge in [0.1, 0.15) is 6.04 Å². The lowest BCUT2D eigenvalue weighted by Crippen LogP contribution is -2.43. The second kappa shape index (κ2) is 9.32. The predicted octanol–water partition coefficient (Wildman–Crippen LogP) is 3.10. The van der Waals surface area contributed by atoms with E-state index in [0.29, 0.717) is 28.1 Å². The zero-order chi connectivity index (χ0) is 18.3. The van der Waals surface area contributed by atoms with Gasteiger partial charge < -0.3 is 19.9 Å². The summed E-state index contributed by atoms with van der Waals surface area (Å²) in [5, 5.41) is 11.6. The molecule has 132 valence electrons. The molecule has 0 unspecified atom stereocenters. The van der Waals surface area contributed by atoms with Gasteiger partial charge in [0.2, 0.25) is 5.91 Å². The highest BCUT2D eigenvalue weighted by Crippen LogP contribution is 2.36. The van der Waals surface area contributed by atoms with Crippen molar-refractivity contribution in [1.82, 2.24) is 5.32 Å². The fraction of sp³-hybridized carbons (Fsp3) is 0.412. The number of nitrogens with one attached hydrogen (secondary N) is 1. The highest BCUT2D eigenvalue weighted by atomic mass is 79.9. The highest BCUT2D eigenvalue weighted by Gasteiger charge is 2.22. The monoisotopic (exact) mass is 399 g/mol. The van der Waals surface area contributed by atoms with Crippen LogP contribution in [0.25, 0.3) is 6.08 Å². The number of hydrogen-bond acceptors (Lipinski definition) is 4. The largest absolute Gasteiger partial charge is 0.493 e. The molecule has 0 fully saturated rings. The van der Waals surface area contributed by atoms with Crippen LogP contribution in [0, 0.1) is 5.92 Å². The molecule has 0 aromatic heterocycles. The Morgan fingerprint density at radius 1 is 1.38 bits per heavy atom. The van der Waals surface area contributed by atoms with Crippen LogP contribution in [0.5, 0.6) is 11.5 Å². The van der Waals surface area contributed by atoms with Crippen molar-refractivity contribution >= 4 is 33.9 Å². The molecule has 0 spiro atoms. The first-order valence-corrected chi connectivity index (χ1v) is 8.31. The molecule has 0 bridgehead atoms. The Hall–Kier alpha value is -2.02. The van der Waals surface area contributed by atoms with Gasteiger partial charge in [-0.05, 0) is 52.5 Å². The third-order valence-corrected chi connectivity index (χ3v) is 3.79. The molecule has 1 amide bonds. The summed E-state index contributed by atoms with van der Waals surface area (Å²) in [5.41, 5.74) is 0.716. The Morgan fingerprint density at radius 3 is 2.54 bits per heavy atom. The zero-order valence-electron chi connectivity index (χ0n) is 14.1. The fourth-order valence-corrected chi connectivity index (χ4v) is 2.58. The molecule has 1 atom stereocenters. The molecule has 1 rings (SSSR count). The van der Waals surface area contributed by atoms with Crippen molar-refractivity contribution in [3.8, 4) is 11.5 Å². The number of aliphatic carboxylic acids is 1. The van der Waals surface area contributed by atoms with Crippen LogP contribution in [0.3, 0.4) is 0 Å². The summed E-state index contributed by atoms with van der Waals surface area (Å²) in [6.07, 6.45) is 2.87. The number of carboxylic acids is 1. The van der Waals surface area contributed by atoms with Gasteiger partial charge in [-0.1, -0.05) is 13.8 Å². The Bertz CT molecular complexity index is 628. The number of halogens is 1. The van der Waals surface area contributed by atoms with Crippen LogP contribution in [0.2, 0.25) is 0 Å². The third kappa shape index (κ3) is 5.56. The van der Waals surface area contributed by atoms with Gasteiger partial charge in [-0.25, -0.2) is 4.79 Å². The van der Waals surface area contributed by atoms with E-state index < -0.39 is 17.9 Å². The molecule has 0 aliphatic heterocycles. The second-order valence-corrected chi connectivity index (χ2v) is 6.22. The van der Waals surface area contributed by atoms with E-state index in [0.717, 1.165) is 0 Å². The smallest absolute Gasteiger partial charge is 0.326 e. The fourth-order valence-electron chi connectivity index (χ4n) is 2.01. The number of carbonyl (C=O) groups excluding carboxylic acids is 1. The summed E-state index contributed by atoms with van der Waals surface area (Å²) >= 11 is 3.41. The standard InChI is InChI=1S/C17H22BrNO5/c1-5-24-16-12(18)8-11(9-13(16)23-4)6-7-14(20)19-15(10(2)3)17(21)22/h6-10,15H,5H2,1-4H3,(H,19,20)(H,21,22)/b7-6+/t15-/m0/s1. The first-order valence-electron chi connectivity index (χ1n) is 7.51. The molecule has 24 heavy (non-hydrogen) atoms. The van der Waals surface area contributed by atoms with E-state index in [4.69, 9.17) is 14.6 Å². The Labute approximate surface area is 150 Å². The van der Waals surface area contributed by atoms with E-state index >= 15 is 0 Å². The van der Waals surface area contributed by atoms with E-state index in [1.165, 1.54) is 13.2 Å². The number of benzene rings is 1. The van der Waals surface area contributed by atoms with Crippen molar-refractivity contribution in [3.05, 3.63) is 28.2 Å². The normalized spacial score (nSPS) is 12.2. The SMILES string of the molecule is CCOc1c(Br)cc(/C=C/C(=O)N[C@H](C(=O)O)C(C)C)cc1OC. The van der Waals surface area contributed by atoms with Gasteiger partial charge in [0.15, 0.2) is 11.5 Å². The minimum absolute atomic E-state index is 0.209. The summed E-state index contributed by atoms with van der Waals surface area (Å²) in [5.74, 6) is -0.610. The number of hydrogen-bond donors (Lipinski definition) is 2. The third-order valence-electron chi connectivity index (χ3n) is 3.20. The number of methoxy groups -OCH3 is 1. The molecule has 2 N–H and O–H groups in total. The van der Waals surface area contributed by atoms with Crippen LogP contribution in [-0.2, 0) is 9.59 Å². The van der Waals surface area contributed by atoms with Gasteiger partial charge in [0.25, 0.3) is 0 Å². The second-order valence-electron chi connectivity index (χ2n) is 5.37. The zero-order valence-corrected chi connectivity index (χ0v) is 15.7. The molecule has 6 nitrogen and oxygen atoms in total. The quantitative estimate of drug-likeness (QED) is 0.656. The molecule has 0 radical (unpaired) electrons. The highest BCUT2D eigenvalue weighted by molar-refractivity contribution is 9.10. The van der Waals surface area contributed by atoms with Crippen molar-refractivity contribution in [3.63, 3.8) is 0 Å². The summed E-state index contributed by atoms with van der Waals surface area (Å²) in [6.45, 7) is 5.84. The van der Waals surface area contributed by atoms with Gasteiger partial charge >= 0.3 is 5.97 Å². The maximum Gasteiger partial charge on any atom is 0.326 e. The average molecular weight is 400 g/mol. The molecule has 0 aliphatic carbocycles. The first kappa shape index (κ1) is 20.0. The van der Waals surface area contributed by atoms with Crippen molar-refractivity contribution in [2.75, 3.05) is 13.7 Å². The molecule has 0 saturated heterocycles. The van der Waals surface area contributed by atoms with Gasteiger partial charge in [-0.3, -0.25) is 4.79 Å². The molecule has 1 aromatic rings. The maximum absolute atomic E-state index is 11.9. The topological polar surface area (TPSA) is 84.9 Å². The number of amides is 1. The minimum atomic E-state index is -1.06. The molecule has 1 aromatic carbocycles. The molecule has 7 heteroatoms. The van der Waals surface area contributed by atoms with Crippen LogP contribution >= 0.6 is 15.9 Å². The molecular weight excluding hydrogens is 378 g/mol. The molecule has 0 saturated carbocycles. The number of carbonyl (C=O) groups is 2. The number of rotatable bonds is 8. The van der Waals surface area contributed by atoms with Crippen molar-refractivity contribution < 1.29 is 24.2 Å². The van der Waals surface area contributed by atoms with E-state index in [1.54, 1.807) is 32.1 Å². The predicted molar refractivity (Wildman–Crippen MR) is 95.3 cm³/mol. The van der Waals surface area contributed by atoms with Crippen molar-refractivity contribution in [2.24, 2.45) is 5.92 Å². The lowest BCUT2D eigenvalue weighted by atomic mass is 10.0. The lowest BCUT2D eigenvalue weighted by molar-refractivity contribution is -0.142. The summed E-state index contributed by atoms with van der Waals surface area (Å²) < 4.78 is 11.5. The van der Waals surface area contributed by atoms with E-state index in [2.05, 4.69) is 21.2 Å². The van der Waals surface area contributed by atoms with E-state index in [-0.39, 0.29) is 5.92 Å². The number of carboxylic acid groups (broad SMARTS) is 1. The van der Waals surface area contributed by atoms with Crippen LogP contribution in [-0.4, -0.2) is 36.7 Å². The summed E-state index contributed by atoms with van der Waals surface area (Å²) in [4.78, 5) is 23.0. The number of ether oxygens (including phenoxy) is 2. The minimum Gasteiger partial charge on any atom is -0.493 e. The Balaban J connectivity index is 2.92. The maximum atomic E-state index is 11.9. The van der Waals surface area contributed by atoms with Crippen LogP contribution in [0.1, 0.15) is 26.3 Å².